The Kier molecular flexibility index (Phi) is 5.78. The highest BCUT2D eigenvalue weighted by atomic mass is 35.5. The molecule has 3 N–H and O–H groups in total. The van der Waals surface area contributed by atoms with Crippen LogP contribution in [0.4, 0.5) is 5.13 Å². The van der Waals surface area contributed by atoms with Crippen molar-refractivity contribution >= 4 is 28.9 Å². The quantitative estimate of drug-likeness (QED) is 0.827. The van der Waals surface area contributed by atoms with Crippen LogP contribution in [-0.4, -0.2) is 21.3 Å². The first-order chi connectivity index (χ1) is 8.58. The zero-order valence-electron chi connectivity index (χ0n) is 11.4. The van der Waals surface area contributed by atoms with Crippen LogP contribution in [0, 0.1) is 13.8 Å². The minimum Gasteiger partial charge on any atom is -0.375 e. The first kappa shape index (κ1) is 15.9. The molecule has 0 saturated heterocycles. The number of rotatable bonds is 5. The summed E-state index contributed by atoms with van der Waals surface area (Å²) in [5.41, 5.74) is 9.30. The van der Waals surface area contributed by atoms with Crippen LogP contribution in [0.3, 0.4) is 0 Å². The van der Waals surface area contributed by atoms with Gasteiger partial charge in [0.05, 0.1) is 5.69 Å². The van der Waals surface area contributed by atoms with Gasteiger partial charge in [0.2, 0.25) is 0 Å². The number of nitrogen functional groups attached to an aromatic ring is 1. The summed E-state index contributed by atoms with van der Waals surface area (Å²) < 4.78 is 1.94. The normalized spacial score (nSPS) is 10.5. The Morgan fingerprint density at radius 3 is 2.68 bits per heavy atom. The standard InChI is InChI=1S/C12H19N5S.ClH/c1-8-11(9(2)17(3)16-8)4-5-14-6-10-7-15-12(13)18-10;/h7,14H,4-6H2,1-3H3,(H2,13,15);1H. The Labute approximate surface area is 123 Å². The number of anilines is 1. The highest BCUT2D eigenvalue weighted by Gasteiger charge is 2.08. The Morgan fingerprint density at radius 1 is 1.42 bits per heavy atom. The van der Waals surface area contributed by atoms with Gasteiger partial charge in [0, 0.05) is 30.4 Å². The van der Waals surface area contributed by atoms with E-state index in [0.717, 1.165) is 25.2 Å². The third-order valence-electron chi connectivity index (χ3n) is 3.08. The molecule has 0 spiro atoms. The number of nitrogens with zero attached hydrogens (tertiary/aromatic N) is 3. The molecule has 0 atom stereocenters. The first-order valence-corrected chi connectivity index (χ1v) is 6.79. The van der Waals surface area contributed by atoms with Crippen LogP contribution in [0.5, 0.6) is 0 Å². The average molecular weight is 302 g/mol. The van der Waals surface area contributed by atoms with Crippen LogP contribution in [0.15, 0.2) is 6.20 Å². The zero-order chi connectivity index (χ0) is 13.1. The lowest BCUT2D eigenvalue weighted by atomic mass is 10.1. The van der Waals surface area contributed by atoms with Gasteiger partial charge in [-0.15, -0.1) is 23.7 Å². The fraction of sp³-hybridized carbons (Fsp3) is 0.500. The lowest BCUT2D eigenvalue weighted by Gasteiger charge is -2.03. The van der Waals surface area contributed by atoms with Gasteiger partial charge in [-0.1, -0.05) is 0 Å². The Bertz CT molecular complexity index is 534. The maximum absolute atomic E-state index is 5.58. The van der Waals surface area contributed by atoms with Crippen molar-refractivity contribution in [2.75, 3.05) is 12.3 Å². The van der Waals surface area contributed by atoms with Crippen molar-refractivity contribution < 1.29 is 0 Å². The smallest absolute Gasteiger partial charge is 0.180 e. The van der Waals surface area contributed by atoms with E-state index < -0.39 is 0 Å². The van der Waals surface area contributed by atoms with Crippen LogP contribution in [0.2, 0.25) is 0 Å². The largest absolute Gasteiger partial charge is 0.375 e. The van der Waals surface area contributed by atoms with E-state index in [0.29, 0.717) is 5.13 Å². The SMILES string of the molecule is Cc1nn(C)c(C)c1CCNCc1cnc(N)s1.Cl. The summed E-state index contributed by atoms with van der Waals surface area (Å²) in [5.74, 6) is 0. The molecule has 7 heteroatoms. The minimum atomic E-state index is 0. The molecule has 0 bridgehead atoms. The topological polar surface area (TPSA) is 68.8 Å². The zero-order valence-corrected chi connectivity index (χ0v) is 13.1. The van der Waals surface area contributed by atoms with Gasteiger partial charge in [0.15, 0.2) is 5.13 Å². The van der Waals surface area contributed by atoms with E-state index in [1.54, 1.807) is 0 Å². The van der Waals surface area contributed by atoms with E-state index in [2.05, 4.69) is 29.2 Å². The van der Waals surface area contributed by atoms with Crippen LogP contribution in [-0.2, 0) is 20.0 Å². The number of nitrogens with one attached hydrogen (secondary N) is 1. The van der Waals surface area contributed by atoms with Crippen LogP contribution in [0.1, 0.15) is 21.8 Å². The van der Waals surface area contributed by atoms with Gasteiger partial charge in [0.25, 0.3) is 0 Å². The van der Waals surface area contributed by atoms with Crippen molar-refractivity contribution in [2.45, 2.75) is 26.8 Å². The van der Waals surface area contributed by atoms with Gasteiger partial charge in [-0.05, 0) is 32.4 Å². The van der Waals surface area contributed by atoms with Gasteiger partial charge < -0.3 is 11.1 Å². The van der Waals surface area contributed by atoms with Crippen LogP contribution < -0.4 is 11.1 Å². The monoisotopic (exact) mass is 301 g/mol. The van der Waals surface area contributed by atoms with Gasteiger partial charge in [0.1, 0.15) is 0 Å². The van der Waals surface area contributed by atoms with Crippen LogP contribution >= 0.6 is 23.7 Å². The fourth-order valence-electron chi connectivity index (χ4n) is 2.01. The van der Waals surface area contributed by atoms with Crippen molar-refractivity contribution in [1.29, 1.82) is 0 Å². The molecule has 0 unspecified atom stereocenters. The molecule has 0 aliphatic rings. The summed E-state index contributed by atoms with van der Waals surface area (Å²) in [7, 11) is 1.99. The Hall–Kier alpha value is -1.11. The molecule has 0 radical (unpaired) electrons. The minimum absolute atomic E-state index is 0. The maximum atomic E-state index is 5.58. The number of thiazole rings is 1. The summed E-state index contributed by atoms with van der Waals surface area (Å²) in [6.45, 7) is 5.93. The predicted molar refractivity (Wildman–Crippen MR) is 81.9 cm³/mol. The third-order valence-corrected chi connectivity index (χ3v) is 3.91. The molecule has 0 aliphatic heterocycles. The molecule has 2 rings (SSSR count). The maximum Gasteiger partial charge on any atom is 0.180 e. The molecule has 5 nitrogen and oxygen atoms in total. The molecule has 106 valence electrons. The summed E-state index contributed by atoms with van der Waals surface area (Å²) in [6.07, 6.45) is 2.83. The number of aryl methyl sites for hydroxylation is 2. The number of nitrogens with two attached hydrogens (primary N) is 1. The van der Waals surface area contributed by atoms with Crippen molar-refractivity contribution in [3.63, 3.8) is 0 Å². The molecule has 2 aromatic heterocycles. The number of hydrogen-bond acceptors (Lipinski definition) is 5. The molecule has 2 aromatic rings. The second kappa shape index (κ2) is 6.88. The summed E-state index contributed by atoms with van der Waals surface area (Å²) in [4.78, 5) is 5.20. The van der Waals surface area contributed by atoms with E-state index >= 15 is 0 Å². The van der Waals surface area contributed by atoms with Crippen molar-refractivity contribution in [3.8, 4) is 0 Å². The second-order valence-electron chi connectivity index (χ2n) is 4.36. The predicted octanol–water partition coefficient (Wildman–Crippen LogP) is 1.83. The molecule has 0 aromatic carbocycles. The van der Waals surface area contributed by atoms with Crippen molar-refractivity contribution in [2.24, 2.45) is 7.05 Å². The Morgan fingerprint density at radius 2 is 2.16 bits per heavy atom. The summed E-state index contributed by atoms with van der Waals surface area (Å²) >= 11 is 1.53. The molecular weight excluding hydrogens is 282 g/mol. The molecule has 0 fully saturated rings. The Balaban J connectivity index is 0.00000180. The fourth-order valence-corrected chi connectivity index (χ4v) is 2.66. The summed E-state index contributed by atoms with van der Waals surface area (Å²) in [6, 6.07) is 0. The highest BCUT2D eigenvalue weighted by molar-refractivity contribution is 7.15. The molecular formula is C12H20ClN5S. The molecule has 2 heterocycles. The van der Waals surface area contributed by atoms with Crippen LogP contribution in [0.25, 0.3) is 0 Å². The lowest BCUT2D eigenvalue weighted by Crippen LogP contribution is -2.16. The highest BCUT2D eigenvalue weighted by Crippen LogP contribution is 2.14. The van der Waals surface area contributed by atoms with E-state index in [1.165, 1.54) is 27.5 Å². The van der Waals surface area contributed by atoms with Gasteiger partial charge >= 0.3 is 0 Å². The number of aromatic nitrogens is 3. The van der Waals surface area contributed by atoms with E-state index in [-0.39, 0.29) is 12.4 Å². The van der Waals surface area contributed by atoms with Crippen molar-refractivity contribution in [3.05, 3.63) is 28.0 Å². The van der Waals surface area contributed by atoms with E-state index in [4.69, 9.17) is 5.73 Å². The van der Waals surface area contributed by atoms with E-state index in [9.17, 15) is 0 Å². The number of hydrogen-bond donors (Lipinski definition) is 2. The van der Waals surface area contributed by atoms with Gasteiger partial charge in [-0.2, -0.15) is 5.10 Å². The van der Waals surface area contributed by atoms with Gasteiger partial charge in [-0.3, -0.25) is 4.68 Å². The molecule has 0 aliphatic carbocycles. The van der Waals surface area contributed by atoms with Gasteiger partial charge in [-0.25, -0.2) is 4.98 Å². The average Bonchev–Trinajstić information content (AvgIpc) is 2.82. The summed E-state index contributed by atoms with van der Waals surface area (Å²) in [5, 5.41) is 8.45. The molecule has 19 heavy (non-hydrogen) atoms. The van der Waals surface area contributed by atoms with E-state index in [1.807, 2.05) is 17.9 Å². The lowest BCUT2D eigenvalue weighted by molar-refractivity contribution is 0.687. The molecule has 0 amide bonds. The molecule has 0 saturated carbocycles. The van der Waals surface area contributed by atoms with Crippen molar-refractivity contribution in [1.82, 2.24) is 20.1 Å². The first-order valence-electron chi connectivity index (χ1n) is 5.98. The third kappa shape index (κ3) is 3.92. The number of halogens is 1. The second-order valence-corrected chi connectivity index (χ2v) is 5.51.